The van der Waals surface area contributed by atoms with Gasteiger partial charge in [-0.25, -0.2) is 0 Å². The van der Waals surface area contributed by atoms with Crippen molar-refractivity contribution in [1.29, 1.82) is 0 Å². The highest BCUT2D eigenvalue weighted by molar-refractivity contribution is 5.69. The van der Waals surface area contributed by atoms with Gasteiger partial charge in [0.05, 0.1) is 5.56 Å². The second-order valence-corrected chi connectivity index (χ2v) is 8.25. The zero-order valence-electron chi connectivity index (χ0n) is 15.1. The first kappa shape index (κ1) is 18.6. The highest BCUT2D eigenvalue weighted by Gasteiger charge is 2.30. The number of hydrogen-bond donors (Lipinski definition) is 0. The summed E-state index contributed by atoms with van der Waals surface area (Å²) in [7, 11) is 0. The minimum Gasteiger partial charge on any atom is -0.166 e. The predicted octanol–water partition coefficient (Wildman–Crippen LogP) is 6.77. The first-order chi connectivity index (χ1) is 10.8. The monoisotopic (exact) mass is 333 g/mol. The Balaban J connectivity index is 2.58. The van der Waals surface area contributed by atoms with E-state index in [1.54, 1.807) is 0 Å². The van der Waals surface area contributed by atoms with Crippen molar-refractivity contribution in [3.05, 3.63) is 59.2 Å². The van der Waals surface area contributed by atoms with Gasteiger partial charge in [-0.15, -0.1) is 0 Å². The molecule has 24 heavy (non-hydrogen) atoms. The summed E-state index contributed by atoms with van der Waals surface area (Å²) in [5, 5.41) is 0. The van der Waals surface area contributed by atoms with E-state index < -0.39 is 11.7 Å². The van der Waals surface area contributed by atoms with Gasteiger partial charge in [0.25, 0.3) is 0 Å². The molecule has 1 radical (unpaired) electrons. The first-order valence-corrected chi connectivity index (χ1v) is 8.04. The van der Waals surface area contributed by atoms with Gasteiger partial charge in [-0.1, -0.05) is 59.7 Å². The van der Waals surface area contributed by atoms with Crippen LogP contribution in [0.2, 0.25) is 0 Å². The molecule has 0 saturated carbocycles. The molecule has 0 aliphatic rings. The van der Waals surface area contributed by atoms with E-state index in [2.05, 4.69) is 53.7 Å². The van der Waals surface area contributed by atoms with E-state index in [9.17, 15) is 13.2 Å². The number of alkyl halides is 3. The van der Waals surface area contributed by atoms with Crippen molar-refractivity contribution in [3.63, 3.8) is 0 Å². The van der Waals surface area contributed by atoms with Gasteiger partial charge in [0.1, 0.15) is 0 Å². The summed E-state index contributed by atoms with van der Waals surface area (Å²) in [6.07, 6.45) is -4.31. The molecule has 0 amide bonds. The number of hydrogen-bond acceptors (Lipinski definition) is 0. The van der Waals surface area contributed by atoms with E-state index in [1.807, 2.05) is 6.07 Å². The molecule has 2 rings (SSSR count). The summed E-state index contributed by atoms with van der Waals surface area (Å²) < 4.78 is 38.3. The number of benzene rings is 2. The van der Waals surface area contributed by atoms with E-state index in [4.69, 9.17) is 0 Å². The van der Waals surface area contributed by atoms with Crippen molar-refractivity contribution >= 4 is 0 Å². The predicted molar refractivity (Wildman–Crippen MR) is 93.1 cm³/mol. The Labute approximate surface area is 142 Å². The van der Waals surface area contributed by atoms with Gasteiger partial charge in [0.15, 0.2) is 0 Å². The molecule has 0 N–H and O–H groups in total. The van der Waals surface area contributed by atoms with E-state index >= 15 is 0 Å². The van der Waals surface area contributed by atoms with E-state index in [0.29, 0.717) is 0 Å². The second kappa shape index (κ2) is 5.94. The Hall–Kier alpha value is -1.77. The molecule has 0 aliphatic carbocycles. The summed E-state index contributed by atoms with van der Waals surface area (Å²) in [6.45, 7) is 12.7. The number of halogens is 3. The minimum atomic E-state index is -4.31. The van der Waals surface area contributed by atoms with Crippen LogP contribution < -0.4 is 0 Å². The smallest absolute Gasteiger partial charge is 0.166 e. The van der Waals surface area contributed by atoms with Crippen molar-refractivity contribution < 1.29 is 13.2 Å². The summed E-state index contributed by atoms with van der Waals surface area (Å²) in [6, 6.07) is 12.7. The van der Waals surface area contributed by atoms with Crippen LogP contribution in [0, 0.1) is 6.07 Å². The Kier molecular flexibility index (Phi) is 4.60. The molecular formula is C21H24F3. The fourth-order valence-electron chi connectivity index (χ4n) is 2.59. The molecule has 0 heterocycles. The molecule has 0 nitrogen and oxygen atoms in total. The largest absolute Gasteiger partial charge is 0.416 e. The SMILES string of the molecule is CC(C)(C)c1c[c]c(-c2ccc(C(F)(F)F)cc2)c(C(C)(C)C)c1. The van der Waals surface area contributed by atoms with E-state index in [1.165, 1.54) is 17.7 Å². The van der Waals surface area contributed by atoms with Crippen molar-refractivity contribution in [2.75, 3.05) is 0 Å². The van der Waals surface area contributed by atoms with Crippen LogP contribution in [-0.4, -0.2) is 0 Å². The molecule has 0 atom stereocenters. The molecule has 0 unspecified atom stereocenters. The second-order valence-electron chi connectivity index (χ2n) is 8.25. The molecular weight excluding hydrogens is 309 g/mol. The fraction of sp³-hybridized carbons (Fsp3) is 0.429. The van der Waals surface area contributed by atoms with Gasteiger partial charge in [-0.05, 0) is 57.3 Å². The molecule has 2 aromatic rings. The first-order valence-electron chi connectivity index (χ1n) is 8.04. The normalized spacial score (nSPS) is 13.2. The van der Waals surface area contributed by atoms with Crippen LogP contribution in [0.1, 0.15) is 58.2 Å². The van der Waals surface area contributed by atoms with Crippen molar-refractivity contribution in [3.8, 4) is 11.1 Å². The summed E-state index contributed by atoms with van der Waals surface area (Å²) in [5.41, 5.74) is 3.12. The Morgan fingerprint density at radius 2 is 1.29 bits per heavy atom. The van der Waals surface area contributed by atoms with Crippen LogP contribution >= 0.6 is 0 Å². The van der Waals surface area contributed by atoms with Gasteiger partial charge in [0, 0.05) is 0 Å². The third kappa shape index (κ3) is 4.00. The van der Waals surface area contributed by atoms with Crippen LogP contribution in [0.25, 0.3) is 11.1 Å². The number of rotatable bonds is 1. The maximum Gasteiger partial charge on any atom is 0.416 e. The van der Waals surface area contributed by atoms with Crippen molar-refractivity contribution in [1.82, 2.24) is 0 Å². The molecule has 0 bridgehead atoms. The van der Waals surface area contributed by atoms with E-state index in [-0.39, 0.29) is 10.8 Å². The van der Waals surface area contributed by atoms with Crippen LogP contribution in [0.15, 0.2) is 36.4 Å². The Morgan fingerprint density at radius 1 is 0.750 bits per heavy atom. The van der Waals surface area contributed by atoms with Gasteiger partial charge >= 0.3 is 6.18 Å². The Morgan fingerprint density at radius 3 is 1.71 bits per heavy atom. The average molecular weight is 333 g/mol. The Bertz CT molecular complexity index is 709. The highest BCUT2D eigenvalue weighted by atomic mass is 19.4. The third-order valence-electron chi connectivity index (χ3n) is 4.12. The zero-order valence-corrected chi connectivity index (χ0v) is 15.1. The molecule has 3 heteroatoms. The van der Waals surface area contributed by atoms with Crippen LogP contribution in [0.3, 0.4) is 0 Å². The summed E-state index contributed by atoms with van der Waals surface area (Å²) in [4.78, 5) is 0. The lowest BCUT2D eigenvalue weighted by Gasteiger charge is -2.27. The molecule has 2 aromatic carbocycles. The van der Waals surface area contributed by atoms with Gasteiger partial charge in [-0.3, -0.25) is 0 Å². The average Bonchev–Trinajstić information content (AvgIpc) is 2.44. The fourth-order valence-corrected chi connectivity index (χ4v) is 2.59. The molecule has 0 aromatic heterocycles. The van der Waals surface area contributed by atoms with Crippen LogP contribution in [-0.2, 0) is 17.0 Å². The van der Waals surface area contributed by atoms with Crippen LogP contribution in [0.5, 0.6) is 0 Å². The van der Waals surface area contributed by atoms with Gasteiger partial charge in [-0.2, -0.15) is 13.2 Å². The maximum absolute atomic E-state index is 12.8. The van der Waals surface area contributed by atoms with Crippen molar-refractivity contribution in [2.24, 2.45) is 0 Å². The molecule has 0 saturated heterocycles. The van der Waals surface area contributed by atoms with Crippen LogP contribution in [0.4, 0.5) is 13.2 Å². The standard InChI is InChI=1S/C21H24F3/c1-19(2,3)16-11-12-17(18(13-16)20(4,5)6)14-7-9-15(10-8-14)21(22,23)24/h7-11,13H,1-6H3. The third-order valence-corrected chi connectivity index (χ3v) is 4.12. The lowest BCUT2D eigenvalue weighted by molar-refractivity contribution is -0.137. The molecule has 129 valence electrons. The quantitative estimate of drug-likeness (QED) is 0.540. The molecule has 0 fully saturated rings. The topological polar surface area (TPSA) is 0 Å². The molecule has 0 aliphatic heterocycles. The van der Waals surface area contributed by atoms with Gasteiger partial charge in [0.2, 0.25) is 0 Å². The summed E-state index contributed by atoms with van der Waals surface area (Å²) >= 11 is 0. The highest BCUT2D eigenvalue weighted by Crippen LogP contribution is 2.37. The maximum atomic E-state index is 12.8. The summed E-state index contributed by atoms with van der Waals surface area (Å²) in [5.74, 6) is 0. The van der Waals surface area contributed by atoms with Crippen molar-refractivity contribution in [2.45, 2.75) is 58.5 Å². The van der Waals surface area contributed by atoms with E-state index in [0.717, 1.165) is 28.8 Å². The lowest BCUT2D eigenvalue weighted by atomic mass is 9.77. The van der Waals surface area contributed by atoms with Gasteiger partial charge < -0.3 is 0 Å². The molecule has 0 spiro atoms. The lowest BCUT2D eigenvalue weighted by Crippen LogP contribution is -2.17. The minimum absolute atomic E-state index is 0.00479. The zero-order chi connectivity index (χ0) is 18.3.